The molecule has 1 aliphatic heterocycles. The quantitative estimate of drug-likeness (QED) is 0.542. The van der Waals surface area contributed by atoms with Gasteiger partial charge < -0.3 is 15.1 Å². The number of nitrogens with zero attached hydrogens (tertiary/aromatic N) is 4. The Morgan fingerprint density at radius 3 is 2.52 bits per heavy atom. The molecule has 2 heterocycles. The lowest BCUT2D eigenvalue weighted by Gasteiger charge is -2.23. The maximum atomic E-state index is 13.4. The van der Waals surface area contributed by atoms with Crippen LogP contribution >= 0.6 is 0 Å². The largest absolute Gasteiger partial charge is 0.416 e. The second-order valence-corrected chi connectivity index (χ2v) is 9.10. The maximum absolute atomic E-state index is 13.4. The van der Waals surface area contributed by atoms with Crippen molar-refractivity contribution in [3.8, 4) is 0 Å². The van der Waals surface area contributed by atoms with Crippen molar-refractivity contribution in [3.63, 3.8) is 0 Å². The van der Waals surface area contributed by atoms with Gasteiger partial charge in [-0.15, -0.1) is 5.10 Å². The molecule has 0 saturated carbocycles. The van der Waals surface area contributed by atoms with Crippen LogP contribution in [0.1, 0.15) is 41.8 Å². The Bertz CT molecular complexity index is 1160. The van der Waals surface area contributed by atoms with E-state index in [4.69, 9.17) is 0 Å². The van der Waals surface area contributed by atoms with Crippen LogP contribution < -0.4 is 10.2 Å². The zero-order chi connectivity index (χ0) is 23.9. The molecule has 4 rings (SSSR count). The van der Waals surface area contributed by atoms with E-state index in [1.807, 2.05) is 13.8 Å². The van der Waals surface area contributed by atoms with Crippen molar-refractivity contribution in [3.05, 3.63) is 58.8 Å². The smallest absolute Gasteiger partial charge is 0.370 e. The van der Waals surface area contributed by atoms with E-state index in [0.717, 1.165) is 47.7 Å². The minimum atomic E-state index is -4.38. The van der Waals surface area contributed by atoms with E-state index in [-0.39, 0.29) is 11.6 Å². The Hall–Kier alpha value is -2.87. The van der Waals surface area contributed by atoms with E-state index < -0.39 is 11.7 Å². The number of halogens is 3. The molecule has 8 heteroatoms. The first-order valence-corrected chi connectivity index (χ1v) is 11.2. The van der Waals surface area contributed by atoms with Gasteiger partial charge in [0.25, 0.3) is 0 Å². The van der Waals surface area contributed by atoms with Crippen LogP contribution in [0.4, 0.5) is 24.7 Å². The molecule has 2 atom stereocenters. The number of hydrogen-bond donors (Lipinski definition) is 1. The van der Waals surface area contributed by atoms with Crippen LogP contribution in [-0.4, -0.2) is 48.3 Å². The average molecular weight is 458 g/mol. The standard InChI is InChI=1S/C25H30F3N5/c1-15-20(7-6-8-23(15)25(26,27)28)16(2)29-24-22-13-18(9-10-21(22)17(3)30-31-24)33-12-11-19(14-33)32(4)5/h6-10,13,16,19H,11-12,14H2,1-5H3,(H,29,31)/t16?,19-/m1/s1. The number of hydrogen-bond acceptors (Lipinski definition) is 5. The number of anilines is 2. The summed E-state index contributed by atoms with van der Waals surface area (Å²) in [5.74, 6) is 0.574. The van der Waals surface area contributed by atoms with Crippen molar-refractivity contribution in [1.82, 2.24) is 15.1 Å². The van der Waals surface area contributed by atoms with Gasteiger partial charge in [-0.3, -0.25) is 0 Å². The SMILES string of the molecule is Cc1c(C(C)Nc2nnc(C)c3ccc(N4CC[C@@H](N(C)C)C4)cc23)cccc1C(F)(F)F. The van der Waals surface area contributed by atoms with E-state index in [1.54, 1.807) is 6.07 Å². The fourth-order valence-electron chi connectivity index (χ4n) is 4.69. The number of aryl methyl sites for hydroxylation is 1. The fourth-order valence-corrected chi connectivity index (χ4v) is 4.69. The average Bonchev–Trinajstić information content (AvgIpc) is 3.25. The van der Waals surface area contributed by atoms with Crippen molar-refractivity contribution in [2.24, 2.45) is 0 Å². The van der Waals surface area contributed by atoms with Crippen molar-refractivity contribution in [2.45, 2.75) is 45.5 Å². The molecule has 1 saturated heterocycles. The summed E-state index contributed by atoms with van der Waals surface area (Å²) in [6.07, 6.45) is -3.28. The Morgan fingerprint density at radius 2 is 1.85 bits per heavy atom. The van der Waals surface area contributed by atoms with Gasteiger partial charge in [-0.05, 0) is 70.6 Å². The summed E-state index contributed by atoms with van der Waals surface area (Å²) in [7, 11) is 4.21. The van der Waals surface area contributed by atoms with Gasteiger partial charge in [0.2, 0.25) is 0 Å². The molecule has 33 heavy (non-hydrogen) atoms. The minimum absolute atomic E-state index is 0.224. The highest BCUT2D eigenvalue weighted by molar-refractivity contribution is 5.95. The molecule has 0 bridgehead atoms. The highest BCUT2D eigenvalue weighted by atomic mass is 19.4. The molecular weight excluding hydrogens is 427 g/mol. The number of rotatable bonds is 5. The molecule has 0 aliphatic carbocycles. The monoisotopic (exact) mass is 457 g/mol. The Balaban J connectivity index is 1.68. The predicted octanol–water partition coefficient (Wildman–Crippen LogP) is 5.58. The lowest BCUT2D eigenvalue weighted by molar-refractivity contribution is -0.138. The number of fused-ring (bicyclic) bond motifs is 1. The zero-order valence-electron chi connectivity index (χ0n) is 19.7. The molecule has 0 amide bonds. The maximum Gasteiger partial charge on any atom is 0.416 e. The molecule has 1 fully saturated rings. The summed E-state index contributed by atoms with van der Waals surface area (Å²) in [6.45, 7) is 7.22. The van der Waals surface area contributed by atoms with Crippen LogP contribution in [0.2, 0.25) is 0 Å². The first-order chi connectivity index (χ1) is 15.6. The van der Waals surface area contributed by atoms with Crippen LogP contribution in [0.3, 0.4) is 0 Å². The van der Waals surface area contributed by atoms with Gasteiger partial charge in [0.05, 0.1) is 17.3 Å². The third-order valence-corrected chi connectivity index (χ3v) is 6.71. The van der Waals surface area contributed by atoms with E-state index in [1.165, 1.54) is 13.0 Å². The topological polar surface area (TPSA) is 44.3 Å². The molecule has 1 aromatic heterocycles. The second-order valence-electron chi connectivity index (χ2n) is 9.10. The first kappa shape index (κ1) is 23.3. The molecule has 1 aliphatic rings. The van der Waals surface area contributed by atoms with E-state index in [2.05, 4.69) is 57.6 Å². The molecular formula is C25H30F3N5. The Labute approximate surface area is 192 Å². The number of likely N-dealkylation sites (N-methyl/N-ethyl adjacent to an activating group) is 1. The molecule has 0 radical (unpaired) electrons. The van der Waals surface area contributed by atoms with Crippen molar-refractivity contribution < 1.29 is 13.2 Å². The summed E-state index contributed by atoms with van der Waals surface area (Å²) < 4.78 is 40.2. The number of benzene rings is 2. The lowest BCUT2D eigenvalue weighted by atomic mass is 9.97. The van der Waals surface area contributed by atoms with Gasteiger partial charge in [-0.25, -0.2) is 0 Å². The van der Waals surface area contributed by atoms with Crippen molar-refractivity contribution in [1.29, 1.82) is 0 Å². The molecule has 3 aromatic rings. The van der Waals surface area contributed by atoms with Crippen LogP contribution in [0, 0.1) is 13.8 Å². The van der Waals surface area contributed by atoms with E-state index >= 15 is 0 Å². The molecule has 2 aromatic carbocycles. The summed E-state index contributed by atoms with van der Waals surface area (Å²) in [4.78, 5) is 4.62. The number of aromatic nitrogens is 2. The third-order valence-electron chi connectivity index (χ3n) is 6.71. The van der Waals surface area contributed by atoms with Crippen LogP contribution in [0.15, 0.2) is 36.4 Å². The van der Waals surface area contributed by atoms with Crippen LogP contribution in [0.25, 0.3) is 10.8 Å². The van der Waals surface area contributed by atoms with Crippen molar-refractivity contribution >= 4 is 22.3 Å². The van der Waals surface area contributed by atoms with Gasteiger partial charge in [0.1, 0.15) is 0 Å². The molecule has 1 N–H and O–H groups in total. The lowest BCUT2D eigenvalue weighted by Crippen LogP contribution is -2.31. The first-order valence-electron chi connectivity index (χ1n) is 11.2. The predicted molar refractivity (Wildman–Crippen MR) is 127 cm³/mol. The molecule has 1 unspecified atom stereocenters. The highest BCUT2D eigenvalue weighted by Crippen LogP contribution is 2.36. The van der Waals surface area contributed by atoms with Crippen molar-refractivity contribution in [2.75, 3.05) is 37.4 Å². The summed E-state index contributed by atoms with van der Waals surface area (Å²) in [5.41, 5.74) is 2.13. The second kappa shape index (κ2) is 8.82. The number of alkyl halides is 3. The Kier molecular flexibility index (Phi) is 6.22. The fraction of sp³-hybridized carbons (Fsp3) is 0.440. The molecule has 0 spiro atoms. The van der Waals surface area contributed by atoms with Gasteiger partial charge in [-0.1, -0.05) is 18.2 Å². The number of nitrogens with one attached hydrogen (secondary N) is 1. The summed E-state index contributed by atoms with van der Waals surface area (Å²) >= 11 is 0. The van der Waals surface area contributed by atoms with Gasteiger partial charge in [0.15, 0.2) is 5.82 Å². The highest BCUT2D eigenvalue weighted by Gasteiger charge is 2.33. The van der Waals surface area contributed by atoms with Gasteiger partial charge >= 0.3 is 6.18 Å². The zero-order valence-corrected chi connectivity index (χ0v) is 19.7. The van der Waals surface area contributed by atoms with E-state index in [9.17, 15) is 13.2 Å². The third kappa shape index (κ3) is 4.62. The Morgan fingerprint density at radius 1 is 1.09 bits per heavy atom. The summed E-state index contributed by atoms with van der Waals surface area (Å²) in [5, 5.41) is 13.9. The van der Waals surface area contributed by atoms with Gasteiger partial charge in [0, 0.05) is 35.6 Å². The minimum Gasteiger partial charge on any atom is -0.370 e. The molecule has 176 valence electrons. The van der Waals surface area contributed by atoms with Crippen LogP contribution in [-0.2, 0) is 6.18 Å². The van der Waals surface area contributed by atoms with Gasteiger partial charge in [-0.2, -0.15) is 18.3 Å². The van der Waals surface area contributed by atoms with E-state index in [0.29, 0.717) is 17.4 Å². The van der Waals surface area contributed by atoms with Crippen LogP contribution in [0.5, 0.6) is 0 Å². The normalized spacial score (nSPS) is 17.7. The summed E-state index contributed by atoms with van der Waals surface area (Å²) in [6, 6.07) is 10.7. The molecule has 5 nitrogen and oxygen atoms in total.